The summed E-state index contributed by atoms with van der Waals surface area (Å²) >= 11 is 1.91. The lowest BCUT2D eigenvalue weighted by Crippen LogP contribution is -2.15. The predicted molar refractivity (Wildman–Crippen MR) is 75.5 cm³/mol. The summed E-state index contributed by atoms with van der Waals surface area (Å²) in [6.45, 7) is 2.08. The second kappa shape index (κ2) is 7.58. The maximum atomic E-state index is 3.46. The zero-order chi connectivity index (χ0) is 11.8. The van der Waals surface area contributed by atoms with Gasteiger partial charge in [-0.3, -0.25) is 0 Å². The van der Waals surface area contributed by atoms with Crippen molar-refractivity contribution in [2.45, 2.75) is 13.0 Å². The molecule has 0 atom stereocenters. The monoisotopic (exact) mass is 238 g/mol. The van der Waals surface area contributed by atoms with Gasteiger partial charge in [-0.05, 0) is 42.7 Å². The minimum absolute atomic E-state index is 0.974. The number of nitrogens with one attached hydrogen (secondary N) is 1. The highest BCUT2D eigenvalue weighted by atomic mass is 32.2. The average molecular weight is 238 g/mol. The van der Waals surface area contributed by atoms with E-state index < -0.39 is 0 Å². The maximum Gasteiger partial charge on any atom is 0.0361 e. The Bertz CT molecular complexity index is 282. The van der Waals surface area contributed by atoms with Crippen molar-refractivity contribution in [3.8, 4) is 0 Å². The molecule has 0 aromatic heterocycles. The summed E-state index contributed by atoms with van der Waals surface area (Å²) in [4.78, 5) is 2.12. The van der Waals surface area contributed by atoms with Crippen LogP contribution in [0, 0.1) is 0 Å². The lowest BCUT2D eigenvalue weighted by atomic mass is 10.2. The molecule has 0 amide bonds. The Morgan fingerprint density at radius 2 is 1.88 bits per heavy atom. The van der Waals surface area contributed by atoms with E-state index in [0.29, 0.717) is 0 Å². The van der Waals surface area contributed by atoms with Crippen molar-refractivity contribution in [2.24, 2.45) is 0 Å². The van der Waals surface area contributed by atoms with Crippen molar-refractivity contribution in [2.75, 3.05) is 37.5 Å². The fourth-order valence-corrected chi connectivity index (χ4v) is 1.92. The van der Waals surface area contributed by atoms with Gasteiger partial charge in [-0.2, -0.15) is 11.8 Å². The van der Waals surface area contributed by atoms with E-state index >= 15 is 0 Å². The molecule has 0 saturated carbocycles. The quantitative estimate of drug-likeness (QED) is 0.735. The summed E-state index contributed by atoms with van der Waals surface area (Å²) in [6, 6.07) is 8.71. The lowest BCUT2D eigenvalue weighted by Gasteiger charge is -2.12. The number of thioether (sulfide) groups is 1. The largest absolute Gasteiger partial charge is 0.378 e. The Hall–Kier alpha value is -0.670. The molecule has 1 rings (SSSR count). The number of anilines is 1. The van der Waals surface area contributed by atoms with Crippen molar-refractivity contribution in [3.63, 3.8) is 0 Å². The van der Waals surface area contributed by atoms with Crippen molar-refractivity contribution in [1.82, 2.24) is 5.32 Å². The van der Waals surface area contributed by atoms with Crippen LogP contribution in [0.25, 0.3) is 0 Å². The first-order chi connectivity index (χ1) is 7.74. The predicted octanol–water partition coefficient (Wildman–Crippen LogP) is 2.60. The normalized spacial score (nSPS) is 10.4. The van der Waals surface area contributed by atoms with Gasteiger partial charge in [0.05, 0.1) is 0 Å². The molecule has 0 bridgehead atoms. The molecule has 0 saturated heterocycles. The van der Waals surface area contributed by atoms with Gasteiger partial charge in [0.1, 0.15) is 0 Å². The highest BCUT2D eigenvalue weighted by Crippen LogP contribution is 2.11. The van der Waals surface area contributed by atoms with Crippen LogP contribution in [0.5, 0.6) is 0 Å². The number of hydrogen-bond acceptors (Lipinski definition) is 3. The molecule has 0 radical (unpaired) electrons. The first-order valence-corrected chi connectivity index (χ1v) is 7.09. The Morgan fingerprint density at radius 3 is 2.44 bits per heavy atom. The summed E-state index contributed by atoms with van der Waals surface area (Å²) in [5.74, 6) is 1.24. The highest BCUT2D eigenvalue weighted by molar-refractivity contribution is 7.98. The van der Waals surface area contributed by atoms with Gasteiger partial charge in [-0.1, -0.05) is 12.1 Å². The average Bonchev–Trinajstić information content (AvgIpc) is 2.29. The minimum Gasteiger partial charge on any atom is -0.378 e. The topological polar surface area (TPSA) is 15.3 Å². The van der Waals surface area contributed by atoms with Crippen LogP contribution in [0.15, 0.2) is 24.3 Å². The molecular formula is C13H22N2S. The van der Waals surface area contributed by atoms with Crippen LogP contribution < -0.4 is 10.2 Å². The summed E-state index contributed by atoms with van der Waals surface area (Å²) in [5, 5.41) is 3.46. The van der Waals surface area contributed by atoms with Gasteiger partial charge in [0.25, 0.3) is 0 Å². The van der Waals surface area contributed by atoms with E-state index in [0.717, 1.165) is 13.1 Å². The van der Waals surface area contributed by atoms with E-state index in [1.165, 1.54) is 23.4 Å². The second-order valence-corrected chi connectivity index (χ2v) is 5.07. The van der Waals surface area contributed by atoms with Gasteiger partial charge in [0.2, 0.25) is 0 Å². The van der Waals surface area contributed by atoms with Gasteiger partial charge in [0.15, 0.2) is 0 Å². The zero-order valence-electron chi connectivity index (χ0n) is 10.5. The molecule has 1 aromatic rings. The fourth-order valence-electron chi connectivity index (χ4n) is 1.49. The van der Waals surface area contributed by atoms with E-state index in [-0.39, 0.29) is 0 Å². The van der Waals surface area contributed by atoms with Gasteiger partial charge in [0, 0.05) is 26.3 Å². The summed E-state index contributed by atoms with van der Waals surface area (Å²) < 4.78 is 0. The van der Waals surface area contributed by atoms with Crippen LogP contribution in [0.1, 0.15) is 12.0 Å². The molecule has 0 unspecified atom stereocenters. The van der Waals surface area contributed by atoms with E-state index in [1.54, 1.807) is 0 Å². The van der Waals surface area contributed by atoms with Crippen molar-refractivity contribution < 1.29 is 0 Å². The third kappa shape index (κ3) is 4.90. The van der Waals surface area contributed by atoms with Crippen LogP contribution in [-0.4, -0.2) is 32.6 Å². The van der Waals surface area contributed by atoms with Crippen LogP contribution in [-0.2, 0) is 6.54 Å². The molecule has 0 spiro atoms. The van der Waals surface area contributed by atoms with Crippen molar-refractivity contribution >= 4 is 17.4 Å². The molecule has 3 heteroatoms. The second-order valence-electron chi connectivity index (χ2n) is 4.08. The number of benzene rings is 1. The summed E-state index contributed by atoms with van der Waals surface area (Å²) in [6.07, 6.45) is 3.40. The standard InChI is InChI=1S/C13H22N2S/c1-15(2)13-7-5-12(6-8-13)11-14-9-4-10-16-3/h5-8,14H,4,9-11H2,1-3H3. The van der Waals surface area contributed by atoms with Crippen LogP contribution in [0.3, 0.4) is 0 Å². The zero-order valence-corrected chi connectivity index (χ0v) is 11.3. The molecule has 1 aromatic carbocycles. The van der Waals surface area contributed by atoms with Gasteiger partial charge in [-0.25, -0.2) is 0 Å². The summed E-state index contributed by atoms with van der Waals surface area (Å²) in [5.41, 5.74) is 2.61. The highest BCUT2D eigenvalue weighted by Gasteiger charge is 1.95. The smallest absolute Gasteiger partial charge is 0.0361 e. The number of nitrogens with zero attached hydrogens (tertiary/aromatic N) is 1. The van der Waals surface area contributed by atoms with E-state index in [9.17, 15) is 0 Å². The molecule has 2 nitrogen and oxygen atoms in total. The Kier molecular flexibility index (Phi) is 6.34. The van der Waals surface area contributed by atoms with Gasteiger partial charge in [-0.15, -0.1) is 0 Å². The molecule has 0 aliphatic heterocycles. The fraction of sp³-hybridized carbons (Fsp3) is 0.538. The summed E-state index contributed by atoms with van der Waals surface area (Å²) in [7, 11) is 4.13. The third-order valence-corrected chi connectivity index (χ3v) is 3.18. The maximum absolute atomic E-state index is 3.46. The Morgan fingerprint density at radius 1 is 1.19 bits per heavy atom. The Labute approximate surface area is 103 Å². The molecule has 0 heterocycles. The first kappa shape index (κ1) is 13.4. The molecule has 0 fully saturated rings. The van der Waals surface area contributed by atoms with Crippen molar-refractivity contribution in [3.05, 3.63) is 29.8 Å². The number of rotatable bonds is 7. The SMILES string of the molecule is CSCCCNCc1ccc(N(C)C)cc1. The molecular weight excluding hydrogens is 216 g/mol. The molecule has 16 heavy (non-hydrogen) atoms. The lowest BCUT2D eigenvalue weighted by molar-refractivity contribution is 0.679. The van der Waals surface area contributed by atoms with E-state index in [1.807, 2.05) is 11.8 Å². The van der Waals surface area contributed by atoms with Crippen LogP contribution in [0.4, 0.5) is 5.69 Å². The van der Waals surface area contributed by atoms with E-state index in [4.69, 9.17) is 0 Å². The van der Waals surface area contributed by atoms with Crippen LogP contribution >= 0.6 is 11.8 Å². The number of hydrogen-bond donors (Lipinski definition) is 1. The van der Waals surface area contributed by atoms with Crippen LogP contribution in [0.2, 0.25) is 0 Å². The Balaban J connectivity index is 2.27. The first-order valence-electron chi connectivity index (χ1n) is 5.70. The molecule has 0 aliphatic rings. The van der Waals surface area contributed by atoms with Gasteiger partial charge >= 0.3 is 0 Å². The van der Waals surface area contributed by atoms with E-state index in [2.05, 4.69) is 54.8 Å². The molecule has 1 N–H and O–H groups in total. The van der Waals surface area contributed by atoms with Gasteiger partial charge < -0.3 is 10.2 Å². The minimum atomic E-state index is 0.974. The molecule has 90 valence electrons. The molecule has 0 aliphatic carbocycles. The third-order valence-electron chi connectivity index (χ3n) is 2.48. The van der Waals surface area contributed by atoms with Crippen molar-refractivity contribution in [1.29, 1.82) is 0 Å².